The number of rotatable bonds is 3. The number of aromatic nitrogens is 2. The predicted octanol–water partition coefficient (Wildman–Crippen LogP) is 2.08. The Morgan fingerprint density at radius 2 is 2.00 bits per heavy atom. The maximum Gasteiger partial charge on any atom is 0.236 e. The van der Waals surface area contributed by atoms with Gasteiger partial charge in [-0.25, -0.2) is 0 Å². The lowest BCUT2D eigenvalue weighted by atomic mass is 9.95. The number of hydrogen-bond acceptors (Lipinski definition) is 2. The molecular formula is C13H13N3O. The summed E-state index contributed by atoms with van der Waals surface area (Å²) in [5.41, 5.74) is 0.767. The number of aromatic amines is 1. The molecule has 1 fully saturated rings. The third kappa shape index (κ3) is 1.71. The molecule has 17 heavy (non-hydrogen) atoms. The molecule has 0 unspecified atom stereocenters. The fraction of sp³-hybridized carbons (Fsp3) is 0.231. The lowest BCUT2D eigenvalue weighted by Crippen LogP contribution is -2.27. The Morgan fingerprint density at radius 1 is 1.24 bits per heavy atom. The van der Waals surface area contributed by atoms with Gasteiger partial charge in [-0.2, -0.15) is 5.10 Å². The van der Waals surface area contributed by atoms with Crippen molar-refractivity contribution in [2.45, 2.75) is 18.3 Å². The van der Waals surface area contributed by atoms with Gasteiger partial charge in [-0.15, -0.1) is 0 Å². The van der Waals surface area contributed by atoms with Gasteiger partial charge in [0, 0.05) is 6.07 Å². The SMILES string of the molecule is O=C(Nc1ccn[nH]1)C1(c2ccccc2)CC1. The Kier molecular flexibility index (Phi) is 2.21. The van der Waals surface area contributed by atoms with Gasteiger partial charge in [0.05, 0.1) is 11.6 Å². The minimum absolute atomic E-state index is 0.0490. The average Bonchev–Trinajstić information content (AvgIpc) is 3.04. The third-order valence-electron chi connectivity index (χ3n) is 3.26. The number of amides is 1. The molecule has 4 nitrogen and oxygen atoms in total. The molecule has 0 spiro atoms. The Balaban J connectivity index is 1.82. The van der Waals surface area contributed by atoms with Crippen LogP contribution < -0.4 is 5.32 Å². The van der Waals surface area contributed by atoms with Gasteiger partial charge in [-0.3, -0.25) is 9.89 Å². The van der Waals surface area contributed by atoms with E-state index in [4.69, 9.17) is 0 Å². The maximum atomic E-state index is 12.2. The van der Waals surface area contributed by atoms with Crippen molar-refractivity contribution in [3.8, 4) is 0 Å². The molecule has 1 aromatic heterocycles. The lowest BCUT2D eigenvalue weighted by Gasteiger charge is -2.14. The van der Waals surface area contributed by atoms with Crippen molar-refractivity contribution in [1.82, 2.24) is 10.2 Å². The summed E-state index contributed by atoms with van der Waals surface area (Å²) in [5, 5.41) is 9.41. The summed E-state index contributed by atoms with van der Waals surface area (Å²) >= 11 is 0. The molecule has 1 amide bonds. The molecule has 1 heterocycles. The van der Waals surface area contributed by atoms with Crippen LogP contribution in [0, 0.1) is 0 Å². The molecule has 2 N–H and O–H groups in total. The van der Waals surface area contributed by atoms with Gasteiger partial charge < -0.3 is 5.32 Å². The minimum Gasteiger partial charge on any atom is -0.310 e. The van der Waals surface area contributed by atoms with Gasteiger partial charge in [0.2, 0.25) is 5.91 Å². The van der Waals surface area contributed by atoms with Crippen molar-refractivity contribution in [2.75, 3.05) is 5.32 Å². The number of carbonyl (C=O) groups excluding carboxylic acids is 1. The molecule has 86 valence electrons. The number of nitrogens with one attached hydrogen (secondary N) is 2. The van der Waals surface area contributed by atoms with E-state index < -0.39 is 0 Å². The van der Waals surface area contributed by atoms with E-state index >= 15 is 0 Å². The zero-order chi connectivity index (χ0) is 11.7. The standard InChI is InChI=1S/C13H13N3O/c17-12(15-11-6-9-14-16-11)13(7-8-13)10-4-2-1-3-5-10/h1-6,9H,7-8H2,(H2,14,15,16,17). The van der Waals surface area contributed by atoms with Gasteiger partial charge in [-0.1, -0.05) is 30.3 Å². The summed E-state index contributed by atoms with van der Waals surface area (Å²) in [6.45, 7) is 0. The van der Waals surface area contributed by atoms with Crippen molar-refractivity contribution >= 4 is 11.7 Å². The van der Waals surface area contributed by atoms with Crippen LogP contribution in [0.3, 0.4) is 0 Å². The number of nitrogens with zero attached hydrogens (tertiary/aromatic N) is 1. The van der Waals surface area contributed by atoms with Crippen molar-refractivity contribution in [3.63, 3.8) is 0 Å². The van der Waals surface area contributed by atoms with E-state index in [9.17, 15) is 4.79 Å². The first-order chi connectivity index (χ1) is 8.31. The van der Waals surface area contributed by atoms with Gasteiger partial charge >= 0.3 is 0 Å². The topological polar surface area (TPSA) is 57.8 Å². The van der Waals surface area contributed by atoms with Crippen molar-refractivity contribution in [1.29, 1.82) is 0 Å². The van der Waals surface area contributed by atoms with Gasteiger partial charge in [0.25, 0.3) is 0 Å². The molecule has 1 aliphatic carbocycles. The monoisotopic (exact) mass is 227 g/mol. The summed E-state index contributed by atoms with van der Waals surface area (Å²) < 4.78 is 0. The second-order valence-corrected chi connectivity index (χ2v) is 4.37. The van der Waals surface area contributed by atoms with Crippen LogP contribution in [0.2, 0.25) is 0 Å². The Hall–Kier alpha value is -2.10. The zero-order valence-electron chi connectivity index (χ0n) is 9.31. The Labute approximate surface area is 99.1 Å². The number of carbonyl (C=O) groups is 1. The summed E-state index contributed by atoms with van der Waals surface area (Å²) in [5.74, 6) is 0.699. The molecule has 1 saturated carbocycles. The minimum atomic E-state index is -0.327. The molecule has 0 radical (unpaired) electrons. The second kappa shape index (κ2) is 3.73. The highest BCUT2D eigenvalue weighted by atomic mass is 16.2. The van der Waals surface area contributed by atoms with Crippen molar-refractivity contribution in [2.24, 2.45) is 0 Å². The van der Waals surface area contributed by atoms with Crippen LogP contribution in [0.1, 0.15) is 18.4 Å². The quantitative estimate of drug-likeness (QED) is 0.843. The molecule has 1 aliphatic rings. The van der Waals surface area contributed by atoms with Crippen molar-refractivity contribution < 1.29 is 4.79 Å². The predicted molar refractivity (Wildman–Crippen MR) is 64.6 cm³/mol. The molecular weight excluding hydrogens is 214 g/mol. The molecule has 0 saturated heterocycles. The van der Waals surface area contributed by atoms with Crippen LogP contribution in [-0.2, 0) is 10.2 Å². The maximum absolute atomic E-state index is 12.2. The number of benzene rings is 1. The average molecular weight is 227 g/mol. The zero-order valence-corrected chi connectivity index (χ0v) is 9.31. The molecule has 0 atom stereocenters. The van der Waals surface area contributed by atoms with E-state index in [1.807, 2.05) is 30.3 Å². The van der Waals surface area contributed by atoms with Crippen molar-refractivity contribution in [3.05, 3.63) is 48.2 Å². The molecule has 1 aromatic carbocycles. The van der Waals surface area contributed by atoms with E-state index in [-0.39, 0.29) is 11.3 Å². The van der Waals surface area contributed by atoms with E-state index in [1.54, 1.807) is 12.3 Å². The van der Waals surface area contributed by atoms with Crippen LogP contribution in [0.15, 0.2) is 42.6 Å². The Bertz CT molecular complexity index is 515. The third-order valence-corrected chi connectivity index (χ3v) is 3.26. The van der Waals surface area contributed by atoms with Gasteiger partial charge in [-0.05, 0) is 18.4 Å². The molecule has 3 rings (SSSR count). The fourth-order valence-corrected chi connectivity index (χ4v) is 2.10. The van der Waals surface area contributed by atoms with Crippen LogP contribution in [0.25, 0.3) is 0 Å². The highest BCUT2D eigenvalue weighted by Crippen LogP contribution is 2.48. The summed E-state index contributed by atoms with van der Waals surface area (Å²) in [6, 6.07) is 11.7. The summed E-state index contributed by atoms with van der Waals surface area (Å²) in [6.07, 6.45) is 3.45. The van der Waals surface area contributed by atoms with E-state index in [2.05, 4.69) is 15.5 Å². The second-order valence-electron chi connectivity index (χ2n) is 4.37. The largest absolute Gasteiger partial charge is 0.310 e. The number of hydrogen-bond donors (Lipinski definition) is 2. The first-order valence-electron chi connectivity index (χ1n) is 5.68. The molecule has 0 aliphatic heterocycles. The van der Waals surface area contributed by atoms with Crippen LogP contribution in [0.4, 0.5) is 5.82 Å². The van der Waals surface area contributed by atoms with E-state index in [1.165, 1.54) is 0 Å². The highest BCUT2D eigenvalue weighted by molar-refractivity contribution is 6.00. The summed E-state index contributed by atoms with van der Waals surface area (Å²) in [7, 11) is 0. The van der Waals surface area contributed by atoms with Crippen LogP contribution in [-0.4, -0.2) is 16.1 Å². The first kappa shape index (κ1) is 10.1. The van der Waals surface area contributed by atoms with E-state index in [0.29, 0.717) is 5.82 Å². The van der Waals surface area contributed by atoms with Gasteiger partial charge in [0.1, 0.15) is 5.82 Å². The smallest absolute Gasteiger partial charge is 0.236 e. The van der Waals surface area contributed by atoms with Crippen LogP contribution in [0.5, 0.6) is 0 Å². The number of H-pyrrole nitrogens is 1. The highest BCUT2D eigenvalue weighted by Gasteiger charge is 2.51. The first-order valence-corrected chi connectivity index (χ1v) is 5.68. The number of anilines is 1. The molecule has 2 aromatic rings. The fourth-order valence-electron chi connectivity index (χ4n) is 2.10. The Morgan fingerprint density at radius 3 is 2.59 bits per heavy atom. The van der Waals surface area contributed by atoms with Gasteiger partial charge in [0.15, 0.2) is 0 Å². The summed E-state index contributed by atoms with van der Waals surface area (Å²) in [4.78, 5) is 12.2. The molecule has 4 heteroatoms. The lowest BCUT2D eigenvalue weighted by molar-refractivity contribution is -0.118. The normalized spacial score (nSPS) is 16.5. The van der Waals surface area contributed by atoms with Crippen LogP contribution >= 0.6 is 0 Å². The molecule has 0 bridgehead atoms. The van der Waals surface area contributed by atoms with E-state index in [0.717, 1.165) is 18.4 Å².